The molecule has 0 N–H and O–H groups in total. The van der Waals surface area contributed by atoms with Gasteiger partial charge in [0.15, 0.2) is 0 Å². The third-order valence-corrected chi connectivity index (χ3v) is 5.30. The highest BCUT2D eigenvalue weighted by Gasteiger charge is 2.16. The summed E-state index contributed by atoms with van der Waals surface area (Å²) in [5.41, 5.74) is 2.61. The first kappa shape index (κ1) is 16.7. The lowest BCUT2D eigenvalue weighted by Crippen LogP contribution is -2.16. The van der Waals surface area contributed by atoms with Crippen LogP contribution >= 0.6 is 22.9 Å². The minimum absolute atomic E-state index is 0.177. The smallest absolute Gasteiger partial charge is 0.267 e. The molecule has 0 radical (unpaired) electrons. The number of halogens is 1. The van der Waals surface area contributed by atoms with E-state index in [0.29, 0.717) is 10.4 Å². The van der Waals surface area contributed by atoms with Crippen LogP contribution in [0.2, 0.25) is 5.02 Å². The summed E-state index contributed by atoms with van der Waals surface area (Å²) in [4.78, 5) is 19.2. The molecule has 128 valence electrons. The molecule has 0 saturated heterocycles. The van der Waals surface area contributed by atoms with E-state index < -0.39 is 0 Å². The molecule has 0 saturated carbocycles. The second-order valence-electron chi connectivity index (χ2n) is 5.77. The molecule has 0 atom stereocenters. The van der Waals surface area contributed by atoms with Gasteiger partial charge in [-0.05, 0) is 30.2 Å². The van der Waals surface area contributed by atoms with Crippen LogP contribution in [0, 0.1) is 6.92 Å². The average molecular weight is 380 g/mol. The summed E-state index contributed by atoms with van der Waals surface area (Å²) in [5, 5.41) is 5.54. The lowest BCUT2D eigenvalue weighted by molar-refractivity contribution is 0.819. The molecular weight excluding hydrogens is 366 g/mol. The largest absolute Gasteiger partial charge is 0.283 e. The third-order valence-electron chi connectivity index (χ3n) is 4.04. The number of hydrogen-bond donors (Lipinski definition) is 0. The number of aryl methyl sites for hydroxylation is 1. The van der Waals surface area contributed by atoms with Crippen molar-refractivity contribution in [2.75, 3.05) is 0 Å². The molecule has 0 unspecified atom stereocenters. The van der Waals surface area contributed by atoms with Crippen molar-refractivity contribution in [3.05, 3.63) is 86.7 Å². The van der Waals surface area contributed by atoms with Crippen LogP contribution in [-0.4, -0.2) is 15.9 Å². The van der Waals surface area contributed by atoms with Gasteiger partial charge in [0.1, 0.15) is 11.2 Å². The third kappa shape index (κ3) is 3.07. The lowest BCUT2D eigenvalue weighted by atomic mass is 10.0. The Hall–Kier alpha value is -2.76. The summed E-state index contributed by atoms with van der Waals surface area (Å²) in [7, 11) is 0. The summed E-state index contributed by atoms with van der Waals surface area (Å²) in [6.45, 7) is 2.01. The minimum Gasteiger partial charge on any atom is -0.267 e. The SMILES string of the molecule is Cc1sc2ncn(/N=C\c3ccc(Cl)cc3)c(=O)c2c1-c1ccccc1. The van der Waals surface area contributed by atoms with Gasteiger partial charge >= 0.3 is 0 Å². The highest BCUT2D eigenvalue weighted by Crippen LogP contribution is 2.35. The van der Waals surface area contributed by atoms with E-state index in [9.17, 15) is 4.79 Å². The van der Waals surface area contributed by atoms with Gasteiger partial charge in [-0.2, -0.15) is 9.78 Å². The Labute approximate surface area is 159 Å². The van der Waals surface area contributed by atoms with E-state index in [1.807, 2.05) is 49.4 Å². The molecule has 4 rings (SSSR count). The fourth-order valence-electron chi connectivity index (χ4n) is 2.81. The summed E-state index contributed by atoms with van der Waals surface area (Å²) >= 11 is 7.41. The van der Waals surface area contributed by atoms with Gasteiger partial charge in [-0.15, -0.1) is 11.3 Å². The number of hydrogen-bond acceptors (Lipinski definition) is 4. The van der Waals surface area contributed by atoms with Gasteiger partial charge in [-0.1, -0.05) is 54.1 Å². The van der Waals surface area contributed by atoms with E-state index in [4.69, 9.17) is 11.6 Å². The molecule has 2 aromatic heterocycles. The highest BCUT2D eigenvalue weighted by atomic mass is 35.5. The number of benzene rings is 2. The quantitative estimate of drug-likeness (QED) is 0.472. The van der Waals surface area contributed by atoms with Gasteiger partial charge in [0.05, 0.1) is 11.6 Å². The van der Waals surface area contributed by atoms with Gasteiger partial charge in [-0.25, -0.2) is 4.98 Å². The Kier molecular flexibility index (Phi) is 4.41. The molecule has 26 heavy (non-hydrogen) atoms. The zero-order chi connectivity index (χ0) is 18.1. The van der Waals surface area contributed by atoms with Gasteiger partial charge in [0.25, 0.3) is 5.56 Å². The lowest BCUT2D eigenvalue weighted by Gasteiger charge is -2.02. The van der Waals surface area contributed by atoms with E-state index in [0.717, 1.165) is 26.4 Å². The van der Waals surface area contributed by atoms with Crippen LogP contribution in [0.15, 0.2) is 70.8 Å². The zero-order valence-corrected chi connectivity index (χ0v) is 15.5. The second-order valence-corrected chi connectivity index (χ2v) is 7.41. The number of nitrogens with zero attached hydrogens (tertiary/aromatic N) is 3. The zero-order valence-electron chi connectivity index (χ0n) is 13.9. The van der Waals surface area contributed by atoms with E-state index in [1.165, 1.54) is 22.3 Å². The molecule has 0 spiro atoms. The van der Waals surface area contributed by atoms with E-state index in [2.05, 4.69) is 10.1 Å². The minimum atomic E-state index is -0.177. The molecule has 0 aliphatic rings. The number of rotatable bonds is 3. The summed E-state index contributed by atoms with van der Waals surface area (Å²) < 4.78 is 1.27. The molecule has 0 fully saturated rings. The van der Waals surface area contributed by atoms with E-state index in [-0.39, 0.29) is 5.56 Å². The summed E-state index contributed by atoms with van der Waals surface area (Å²) in [6.07, 6.45) is 3.08. The molecule has 4 nitrogen and oxygen atoms in total. The van der Waals surface area contributed by atoms with Crippen LogP contribution in [-0.2, 0) is 0 Å². The first-order chi connectivity index (χ1) is 12.6. The van der Waals surface area contributed by atoms with Gasteiger partial charge in [0.2, 0.25) is 0 Å². The number of aromatic nitrogens is 2. The van der Waals surface area contributed by atoms with Gasteiger partial charge in [-0.3, -0.25) is 4.79 Å². The first-order valence-electron chi connectivity index (χ1n) is 7.99. The van der Waals surface area contributed by atoms with Crippen molar-refractivity contribution >= 4 is 39.4 Å². The first-order valence-corrected chi connectivity index (χ1v) is 9.19. The van der Waals surface area contributed by atoms with Crippen molar-refractivity contribution in [3.63, 3.8) is 0 Å². The van der Waals surface area contributed by atoms with Crippen molar-refractivity contribution in [2.24, 2.45) is 5.10 Å². The van der Waals surface area contributed by atoms with Crippen molar-refractivity contribution in [1.82, 2.24) is 9.66 Å². The van der Waals surface area contributed by atoms with Crippen molar-refractivity contribution in [1.29, 1.82) is 0 Å². The van der Waals surface area contributed by atoms with Crippen LogP contribution in [0.4, 0.5) is 0 Å². The number of thiophene rings is 1. The fraction of sp³-hybridized carbons (Fsp3) is 0.0500. The maximum absolute atomic E-state index is 13.0. The maximum Gasteiger partial charge on any atom is 0.283 e. The summed E-state index contributed by atoms with van der Waals surface area (Å²) in [5.74, 6) is 0. The molecule has 2 heterocycles. The van der Waals surface area contributed by atoms with Crippen LogP contribution < -0.4 is 5.56 Å². The van der Waals surface area contributed by atoms with Crippen LogP contribution in [0.3, 0.4) is 0 Å². The maximum atomic E-state index is 13.0. The monoisotopic (exact) mass is 379 g/mol. The highest BCUT2D eigenvalue weighted by molar-refractivity contribution is 7.19. The molecule has 2 aromatic carbocycles. The van der Waals surface area contributed by atoms with Crippen molar-refractivity contribution < 1.29 is 0 Å². The van der Waals surface area contributed by atoms with Crippen LogP contribution in [0.1, 0.15) is 10.4 Å². The second kappa shape index (κ2) is 6.86. The average Bonchev–Trinajstić information content (AvgIpc) is 3.00. The fourth-order valence-corrected chi connectivity index (χ4v) is 3.94. The predicted octanol–water partition coefficient (Wildman–Crippen LogP) is 4.97. The molecular formula is C20H14ClN3OS. The summed E-state index contributed by atoms with van der Waals surface area (Å²) in [6, 6.07) is 17.1. The predicted molar refractivity (Wildman–Crippen MR) is 108 cm³/mol. The Morgan fingerprint density at radius 2 is 1.85 bits per heavy atom. The van der Waals surface area contributed by atoms with Crippen LogP contribution in [0.5, 0.6) is 0 Å². The van der Waals surface area contributed by atoms with Crippen molar-refractivity contribution in [3.8, 4) is 11.1 Å². The molecule has 0 aliphatic carbocycles. The van der Waals surface area contributed by atoms with E-state index >= 15 is 0 Å². The molecule has 4 aromatic rings. The molecule has 0 bridgehead atoms. The van der Waals surface area contributed by atoms with Gasteiger partial charge in [0, 0.05) is 15.5 Å². The molecule has 0 aliphatic heterocycles. The topological polar surface area (TPSA) is 47.2 Å². The van der Waals surface area contributed by atoms with Gasteiger partial charge < -0.3 is 0 Å². The Morgan fingerprint density at radius 3 is 2.58 bits per heavy atom. The van der Waals surface area contributed by atoms with E-state index in [1.54, 1.807) is 18.3 Å². The Balaban J connectivity index is 1.84. The standard InChI is InChI=1S/C20H14ClN3OS/c1-13-17(15-5-3-2-4-6-15)18-19(26-13)22-12-24(20(18)25)23-11-14-7-9-16(21)10-8-14/h2-12H,1H3/b23-11-. The Morgan fingerprint density at radius 1 is 1.12 bits per heavy atom. The molecule has 6 heteroatoms. The van der Waals surface area contributed by atoms with Crippen LogP contribution in [0.25, 0.3) is 21.3 Å². The Bertz CT molecular complexity index is 1160. The molecule has 0 amide bonds. The number of fused-ring (bicyclic) bond motifs is 1. The normalized spacial score (nSPS) is 11.5. The van der Waals surface area contributed by atoms with Crippen molar-refractivity contribution in [2.45, 2.75) is 6.92 Å².